The van der Waals surface area contributed by atoms with Crippen molar-refractivity contribution in [2.45, 2.75) is 20.0 Å². The van der Waals surface area contributed by atoms with Crippen molar-refractivity contribution in [1.29, 1.82) is 0 Å². The highest BCUT2D eigenvalue weighted by Crippen LogP contribution is 2.29. The van der Waals surface area contributed by atoms with Gasteiger partial charge in [-0.3, -0.25) is 5.43 Å². The van der Waals surface area contributed by atoms with Gasteiger partial charge in [0.2, 0.25) is 0 Å². The number of hydrazone groups is 1. The average Bonchev–Trinajstić information content (AvgIpc) is 2.66. The average molecular weight is 295 g/mol. The molecule has 0 saturated carbocycles. The molecule has 1 aromatic heterocycles. The Morgan fingerprint density at radius 1 is 1.14 bits per heavy atom. The molecule has 3 nitrogen and oxygen atoms in total. The largest absolute Gasteiger partial charge is 0.416 e. The molecule has 112 valence electrons. The van der Waals surface area contributed by atoms with E-state index in [9.17, 15) is 13.2 Å². The van der Waals surface area contributed by atoms with Crippen LogP contribution in [0, 0.1) is 13.8 Å². The highest BCUT2D eigenvalue weighted by atomic mass is 19.4. The molecule has 0 radical (unpaired) electrons. The zero-order valence-corrected chi connectivity index (χ0v) is 12.0. The lowest BCUT2D eigenvalue weighted by Gasteiger charge is -2.07. The lowest BCUT2D eigenvalue weighted by Crippen LogP contribution is -2.04. The number of alkyl halides is 3. The van der Waals surface area contributed by atoms with Crippen LogP contribution in [-0.4, -0.2) is 10.8 Å². The predicted molar refractivity (Wildman–Crippen MR) is 77.5 cm³/mol. The van der Waals surface area contributed by atoms with Gasteiger partial charge in [-0.1, -0.05) is 0 Å². The second-order valence-corrected chi connectivity index (χ2v) is 4.83. The number of hydrogen-bond donors (Lipinski definition) is 1. The number of aromatic nitrogens is 1. The minimum absolute atomic E-state index is 0.504. The molecule has 0 atom stereocenters. The summed E-state index contributed by atoms with van der Waals surface area (Å²) in [5.74, 6) is 0. The number of halogens is 3. The molecule has 1 heterocycles. The van der Waals surface area contributed by atoms with Crippen LogP contribution in [0.3, 0.4) is 0 Å². The Bertz CT molecular complexity index is 652. The van der Waals surface area contributed by atoms with Crippen molar-refractivity contribution in [2.24, 2.45) is 12.1 Å². The molecular weight excluding hydrogens is 279 g/mol. The first-order valence-corrected chi connectivity index (χ1v) is 6.38. The van der Waals surface area contributed by atoms with Crippen LogP contribution < -0.4 is 5.43 Å². The van der Waals surface area contributed by atoms with Crippen molar-refractivity contribution in [3.63, 3.8) is 0 Å². The highest BCUT2D eigenvalue weighted by molar-refractivity contribution is 5.82. The maximum atomic E-state index is 12.4. The first kappa shape index (κ1) is 15.2. The number of hydrogen-bond acceptors (Lipinski definition) is 2. The summed E-state index contributed by atoms with van der Waals surface area (Å²) in [6, 6.07) is 6.74. The molecule has 0 aliphatic rings. The van der Waals surface area contributed by atoms with Gasteiger partial charge in [-0.25, -0.2) is 0 Å². The van der Waals surface area contributed by atoms with Crippen molar-refractivity contribution >= 4 is 11.9 Å². The summed E-state index contributed by atoms with van der Waals surface area (Å²) < 4.78 is 39.3. The molecule has 1 N–H and O–H groups in total. The zero-order valence-electron chi connectivity index (χ0n) is 12.0. The number of nitrogens with zero attached hydrogens (tertiary/aromatic N) is 2. The molecule has 0 saturated heterocycles. The molecule has 0 spiro atoms. The summed E-state index contributed by atoms with van der Waals surface area (Å²) in [7, 11) is 1.96. The summed E-state index contributed by atoms with van der Waals surface area (Å²) in [6.07, 6.45) is -2.67. The molecule has 0 amide bonds. The second-order valence-electron chi connectivity index (χ2n) is 4.83. The smallest absolute Gasteiger partial charge is 0.352 e. The van der Waals surface area contributed by atoms with Gasteiger partial charge in [-0.15, -0.1) is 0 Å². The number of rotatable bonds is 3. The molecule has 6 heteroatoms. The summed E-state index contributed by atoms with van der Waals surface area (Å²) in [4.78, 5) is 0. The third-order valence-corrected chi connectivity index (χ3v) is 3.42. The van der Waals surface area contributed by atoms with E-state index in [0.717, 1.165) is 29.1 Å². The van der Waals surface area contributed by atoms with Crippen molar-refractivity contribution in [2.75, 3.05) is 5.43 Å². The summed E-state index contributed by atoms with van der Waals surface area (Å²) in [5.41, 5.74) is 5.71. The standard InChI is InChI=1S/C15H16F3N3/c1-10-8-12(11(2)21(10)3)9-19-20-14-6-4-13(5-7-14)15(16,17)18/h4-9,20H,1-3H3/b19-9+. The van der Waals surface area contributed by atoms with Gasteiger partial charge < -0.3 is 4.57 Å². The van der Waals surface area contributed by atoms with Crippen LogP contribution in [0.4, 0.5) is 18.9 Å². The van der Waals surface area contributed by atoms with E-state index in [2.05, 4.69) is 10.5 Å². The van der Waals surface area contributed by atoms with E-state index in [1.165, 1.54) is 12.1 Å². The Kier molecular flexibility index (Phi) is 4.06. The lowest BCUT2D eigenvalue weighted by atomic mass is 10.2. The van der Waals surface area contributed by atoms with Crippen LogP contribution >= 0.6 is 0 Å². The molecular formula is C15H16F3N3. The topological polar surface area (TPSA) is 29.3 Å². The fourth-order valence-electron chi connectivity index (χ4n) is 1.93. The van der Waals surface area contributed by atoms with E-state index < -0.39 is 11.7 Å². The Morgan fingerprint density at radius 3 is 2.24 bits per heavy atom. The van der Waals surface area contributed by atoms with Gasteiger partial charge in [-0.05, 0) is 44.2 Å². The van der Waals surface area contributed by atoms with E-state index in [-0.39, 0.29) is 0 Å². The van der Waals surface area contributed by atoms with Crippen LogP contribution in [0.2, 0.25) is 0 Å². The molecule has 0 aliphatic heterocycles. The lowest BCUT2D eigenvalue weighted by molar-refractivity contribution is -0.137. The van der Waals surface area contributed by atoms with Crippen LogP contribution in [0.15, 0.2) is 35.4 Å². The van der Waals surface area contributed by atoms with Crippen LogP contribution in [0.5, 0.6) is 0 Å². The first-order chi connectivity index (χ1) is 9.79. The third-order valence-electron chi connectivity index (χ3n) is 3.42. The monoisotopic (exact) mass is 295 g/mol. The van der Waals surface area contributed by atoms with Gasteiger partial charge in [-0.2, -0.15) is 18.3 Å². The highest BCUT2D eigenvalue weighted by Gasteiger charge is 2.29. The van der Waals surface area contributed by atoms with Crippen LogP contribution in [-0.2, 0) is 13.2 Å². The fraction of sp³-hybridized carbons (Fsp3) is 0.267. The molecule has 0 fully saturated rings. The maximum absolute atomic E-state index is 12.4. The van der Waals surface area contributed by atoms with E-state index in [4.69, 9.17) is 0 Å². The molecule has 2 rings (SSSR count). The third kappa shape index (κ3) is 3.45. The van der Waals surface area contributed by atoms with Crippen LogP contribution in [0.1, 0.15) is 22.5 Å². The Balaban J connectivity index is 2.06. The molecule has 0 bridgehead atoms. The van der Waals surface area contributed by atoms with Crippen molar-refractivity contribution in [1.82, 2.24) is 4.57 Å². The number of benzene rings is 1. The molecule has 0 aliphatic carbocycles. The minimum atomic E-state index is -4.32. The predicted octanol–water partition coefficient (Wildman–Crippen LogP) is 4.11. The zero-order chi connectivity index (χ0) is 15.6. The van der Waals surface area contributed by atoms with Gasteiger partial charge >= 0.3 is 6.18 Å². The first-order valence-electron chi connectivity index (χ1n) is 6.38. The summed E-state index contributed by atoms with van der Waals surface area (Å²) in [5, 5.41) is 4.05. The fourth-order valence-corrected chi connectivity index (χ4v) is 1.93. The van der Waals surface area contributed by atoms with E-state index in [1.807, 2.05) is 31.5 Å². The Hall–Kier alpha value is -2.24. The Morgan fingerprint density at radius 2 is 1.76 bits per heavy atom. The number of aryl methyl sites for hydroxylation is 1. The normalized spacial score (nSPS) is 12.1. The quantitative estimate of drug-likeness (QED) is 0.670. The summed E-state index contributed by atoms with van der Waals surface area (Å²) in [6.45, 7) is 3.97. The van der Waals surface area contributed by atoms with Gasteiger partial charge in [0.25, 0.3) is 0 Å². The Labute approximate surface area is 121 Å². The number of nitrogens with one attached hydrogen (secondary N) is 1. The van der Waals surface area contributed by atoms with Gasteiger partial charge in [0, 0.05) is 24.0 Å². The van der Waals surface area contributed by atoms with Crippen molar-refractivity contribution in [3.8, 4) is 0 Å². The van der Waals surface area contributed by atoms with Gasteiger partial charge in [0.05, 0.1) is 17.5 Å². The number of anilines is 1. The van der Waals surface area contributed by atoms with E-state index >= 15 is 0 Å². The van der Waals surface area contributed by atoms with Gasteiger partial charge in [0.1, 0.15) is 0 Å². The SMILES string of the molecule is Cc1cc(/C=N/Nc2ccc(C(F)(F)F)cc2)c(C)n1C. The summed E-state index contributed by atoms with van der Waals surface area (Å²) >= 11 is 0. The second kappa shape index (κ2) is 5.63. The maximum Gasteiger partial charge on any atom is 0.416 e. The van der Waals surface area contributed by atoms with Crippen molar-refractivity contribution < 1.29 is 13.2 Å². The van der Waals surface area contributed by atoms with Gasteiger partial charge in [0.15, 0.2) is 0 Å². The molecule has 21 heavy (non-hydrogen) atoms. The molecule has 2 aromatic rings. The van der Waals surface area contributed by atoms with E-state index in [1.54, 1.807) is 6.21 Å². The van der Waals surface area contributed by atoms with Crippen molar-refractivity contribution in [3.05, 3.63) is 52.8 Å². The van der Waals surface area contributed by atoms with E-state index in [0.29, 0.717) is 5.69 Å². The minimum Gasteiger partial charge on any atom is -0.352 e. The van der Waals surface area contributed by atoms with Crippen LogP contribution in [0.25, 0.3) is 0 Å². The molecule has 0 unspecified atom stereocenters. The molecule has 1 aromatic carbocycles.